The average molecular weight is 379 g/mol. The number of H-pyrrole nitrogens is 1. The van der Waals surface area contributed by atoms with Crippen molar-refractivity contribution in [1.82, 2.24) is 14.8 Å². The number of nitrogens with zero attached hydrogens (tertiary/aromatic N) is 3. The molecular weight excluding hydrogens is 360 g/mol. The molecule has 0 unspecified atom stereocenters. The Bertz CT molecular complexity index is 1190. The first-order valence-corrected chi connectivity index (χ1v) is 8.97. The molecule has 0 spiro atoms. The summed E-state index contributed by atoms with van der Waals surface area (Å²) in [5, 5.41) is 4.45. The van der Waals surface area contributed by atoms with Crippen LogP contribution in [0.1, 0.15) is 5.69 Å². The summed E-state index contributed by atoms with van der Waals surface area (Å²) in [4.78, 5) is 19.5. The van der Waals surface area contributed by atoms with Gasteiger partial charge in [0.05, 0.1) is 16.6 Å². The predicted molar refractivity (Wildman–Crippen MR) is 111 cm³/mol. The van der Waals surface area contributed by atoms with E-state index < -0.39 is 0 Å². The minimum atomic E-state index is -0.134. The van der Waals surface area contributed by atoms with Crippen LogP contribution in [-0.4, -0.2) is 28.9 Å². The van der Waals surface area contributed by atoms with Crippen LogP contribution in [0.4, 0.5) is 5.69 Å². The zero-order chi connectivity index (χ0) is 19.1. The first-order chi connectivity index (χ1) is 13.0. The van der Waals surface area contributed by atoms with E-state index in [0.717, 1.165) is 33.7 Å². The van der Waals surface area contributed by atoms with Crippen molar-refractivity contribution in [3.05, 3.63) is 75.8 Å². The molecule has 0 aliphatic rings. The van der Waals surface area contributed by atoms with E-state index in [2.05, 4.69) is 16.1 Å². The van der Waals surface area contributed by atoms with Gasteiger partial charge in [0.25, 0.3) is 5.56 Å². The summed E-state index contributed by atoms with van der Waals surface area (Å²) >= 11 is 5.97. The molecule has 0 saturated heterocycles. The minimum absolute atomic E-state index is 0.134. The van der Waals surface area contributed by atoms with Crippen molar-refractivity contribution < 1.29 is 0 Å². The second-order valence-corrected chi connectivity index (χ2v) is 7.12. The number of anilines is 1. The van der Waals surface area contributed by atoms with Gasteiger partial charge in [-0.25, -0.2) is 4.68 Å². The van der Waals surface area contributed by atoms with Crippen LogP contribution in [0.5, 0.6) is 0 Å². The number of hydrogen-bond donors (Lipinski definition) is 1. The molecule has 0 fully saturated rings. The van der Waals surface area contributed by atoms with E-state index in [9.17, 15) is 4.79 Å². The molecular formula is C21H19ClN4O. The molecule has 1 N–H and O–H groups in total. The Kier molecular flexibility index (Phi) is 4.24. The van der Waals surface area contributed by atoms with Gasteiger partial charge in [0, 0.05) is 42.3 Å². The van der Waals surface area contributed by atoms with E-state index >= 15 is 0 Å². The molecule has 136 valence electrons. The van der Waals surface area contributed by atoms with E-state index in [1.807, 2.05) is 56.3 Å². The van der Waals surface area contributed by atoms with Gasteiger partial charge >= 0.3 is 0 Å². The van der Waals surface area contributed by atoms with Crippen molar-refractivity contribution in [2.75, 3.05) is 19.0 Å². The number of aromatic amines is 1. The summed E-state index contributed by atoms with van der Waals surface area (Å²) in [6.07, 6.45) is 1.63. The molecule has 5 nitrogen and oxygen atoms in total. The van der Waals surface area contributed by atoms with Gasteiger partial charge in [-0.15, -0.1) is 0 Å². The number of benzene rings is 2. The van der Waals surface area contributed by atoms with Gasteiger partial charge in [-0.3, -0.25) is 14.9 Å². The SMILES string of the molecule is Cc1ncc2c(=O)n(-c3ccc(Cl)cc3)[nH]c2c1-c1cccc(N(C)C)c1. The highest BCUT2D eigenvalue weighted by atomic mass is 35.5. The fraction of sp³-hybridized carbons (Fsp3) is 0.143. The van der Waals surface area contributed by atoms with Crippen molar-refractivity contribution in [3.8, 4) is 16.8 Å². The lowest BCUT2D eigenvalue weighted by Crippen LogP contribution is -2.14. The van der Waals surface area contributed by atoms with Gasteiger partial charge in [0.2, 0.25) is 0 Å². The molecule has 0 radical (unpaired) electrons. The van der Waals surface area contributed by atoms with Crippen LogP contribution in [0.2, 0.25) is 5.02 Å². The van der Waals surface area contributed by atoms with Gasteiger partial charge in [-0.2, -0.15) is 0 Å². The summed E-state index contributed by atoms with van der Waals surface area (Å²) in [5.41, 5.74) is 5.27. The summed E-state index contributed by atoms with van der Waals surface area (Å²) in [7, 11) is 4.01. The minimum Gasteiger partial charge on any atom is -0.378 e. The largest absolute Gasteiger partial charge is 0.378 e. The lowest BCUT2D eigenvalue weighted by molar-refractivity contribution is 0.864. The van der Waals surface area contributed by atoms with E-state index in [4.69, 9.17) is 11.6 Å². The Balaban J connectivity index is 1.98. The van der Waals surface area contributed by atoms with Crippen LogP contribution >= 0.6 is 11.6 Å². The van der Waals surface area contributed by atoms with Crippen LogP contribution in [0, 0.1) is 6.92 Å². The number of halogens is 1. The lowest BCUT2D eigenvalue weighted by Gasteiger charge is -2.14. The van der Waals surface area contributed by atoms with Crippen LogP contribution in [0.3, 0.4) is 0 Å². The van der Waals surface area contributed by atoms with Gasteiger partial charge in [-0.1, -0.05) is 23.7 Å². The smallest absolute Gasteiger partial charge is 0.280 e. The molecule has 0 amide bonds. The van der Waals surface area contributed by atoms with Crippen molar-refractivity contribution in [2.45, 2.75) is 6.92 Å². The number of aromatic nitrogens is 3. The van der Waals surface area contributed by atoms with Gasteiger partial charge in [0.1, 0.15) is 0 Å². The number of rotatable bonds is 3. The fourth-order valence-corrected chi connectivity index (χ4v) is 3.36. The fourth-order valence-electron chi connectivity index (χ4n) is 3.23. The predicted octanol–water partition coefficient (Wildman–Crippen LogP) is 4.41. The van der Waals surface area contributed by atoms with E-state index in [-0.39, 0.29) is 5.56 Å². The van der Waals surface area contributed by atoms with Gasteiger partial charge in [-0.05, 0) is 48.9 Å². The van der Waals surface area contributed by atoms with Crippen LogP contribution in [0.15, 0.2) is 59.5 Å². The summed E-state index contributed by atoms with van der Waals surface area (Å²) in [5.74, 6) is 0. The Labute approximate surface area is 161 Å². The van der Waals surface area contributed by atoms with Crippen molar-refractivity contribution in [2.24, 2.45) is 0 Å². The maximum absolute atomic E-state index is 12.9. The molecule has 0 aliphatic heterocycles. The zero-order valence-corrected chi connectivity index (χ0v) is 16.1. The number of aryl methyl sites for hydroxylation is 1. The lowest BCUT2D eigenvalue weighted by atomic mass is 10.0. The molecule has 6 heteroatoms. The maximum atomic E-state index is 12.9. The average Bonchev–Trinajstić information content (AvgIpc) is 2.99. The first kappa shape index (κ1) is 17.4. The quantitative estimate of drug-likeness (QED) is 0.574. The third-order valence-corrected chi connectivity index (χ3v) is 4.91. The molecule has 2 heterocycles. The van der Waals surface area contributed by atoms with E-state index in [0.29, 0.717) is 10.4 Å². The molecule has 4 aromatic rings. The molecule has 0 saturated carbocycles. The Hall–Kier alpha value is -3.05. The Morgan fingerprint density at radius 2 is 1.85 bits per heavy atom. The zero-order valence-electron chi connectivity index (χ0n) is 15.3. The molecule has 4 rings (SSSR count). The van der Waals surface area contributed by atoms with Crippen molar-refractivity contribution in [1.29, 1.82) is 0 Å². The van der Waals surface area contributed by atoms with Crippen LogP contribution in [0.25, 0.3) is 27.7 Å². The molecule has 2 aromatic carbocycles. The molecule has 27 heavy (non-hydrogen) atoms. The normalized spacial score (nSPS) is 11.1. The Morgan fingerprint density at radius 1 is 1.11 bits per heavy atom. The van der Waals surface area contributed by atoms with E-state index in [1.54, 1.807) is 18.3 Å². The summed E-state index contributed by atoms with van der Waals surface area (Å²) < 4.78 is 1.53. The second-order valence-electron chi connectivity index (χ2n) is 6.68. The Morgan fingerprint density at radius 3 is 2.56 bits per heavy atom. The highest BCUT2D eigenvalue weighted by Gasteiger charge is 2.16. The molecule has 0 bridgehead atoms. The van der Waals surface area contributed by atoms with Crippen LogP contribution < -0.4 is 10.5 Å². The highest BCUT2D eigenvalue weighted by Crippen LogP contribution is 2.31. The third-order valence-electron chi connectivity index (χ3n) is 4.66. The topological polar surface area (TPSA) is 53.9 Å². The highest BCUT2D eigenvalue weighted by molar-refractivity contribution is 6.30. The standard InChI is InChI=1S/C21H19ClN4O/c1-13-19(14-5-4-6-17(11-14)25(2)3)20-18(12-23-13)21(27)26(24-20)16-9-7-15(22)8-10-16/h4-12,24H,1-3H3. The van der Waals surface area contributed by atoms with Crippen molar-refractivity contribution >= 4 is 28.2 Å². The molecule has 0 atom stereocenters. The number of pyridine rings is 1. The monoisotopic (exact) mass is 378 g/mol. The third kappa shape index (κ3) is 3.00. The van der Waals surface area contributed by atoms with Crippen molar-refractivity contribution in [3.63, 3.8) is 0 Å². The van der Waals surface area contributed by atoms with Crippen LogP contribution in [-0.2, 0) is 0 Å². The van der Waals surface area contributed by atoms with E-state index in [1.165, 1.54) is 4.68 Å². The molecule has 2 aromatic heterocycles. The first-order valence-electron chi connectivity index (χ1n) is 8.60. The maximum Gasteiger partial charge on any atom is 0.280 e. The number of hydrogen-bond acceptors (Lipinski definition) is 3. The molecule has 0 aliphatic carbocycles. The van der Waals surface area contributed by atoms with Gasteiger partial charge < -0.3 is 4.90 Å². The number of fused-ring (bicyclic) bond motifs is 1. The summed E-state index contributed by atoms with van der Waals surface area (Å²) in [6, 6.07) is 15.3. The summed E-state index contributed by atoms with van der Waals surface area (Å²) in [6.45, 7) is 1.95. The second kappa shape index (κ2) is 6.59. The number of nitrogens with one attached hydrogen (secondary N) is 1. The van der Waals surface area contributed by atoms with Gasteiger partial charge in [0.15, 0.2) is 0 Å².